The number of aromatic amines is 1. The van der Waals surface area contributed by atoms with Crippen molar-refractivity contribution in [2.75, 3.05) is 40.6 Å². The molecule has 1 fully saturated rings. The number of rotatable bonds is 42. The lowest BCUT2D eigenvalue weighted by atomic mass is 10.1. The Balaban J connectivity index is 1.17. The van der Waals surface area contributed by atoms with Gasteiger partial charge in [-0.1, -0.05) is 0 Å². The van der Waals surface area contributed by atoms with Gasteiger partial charge in [0.15, 0.2) is 5.82 Å². The van der Waals surface area contributed by atoms with Crippen molar-refractivity contribution in [3.63, 3.8) is 0 Å². The second-order valence-corrected chi connectivity index (χ2v) is 21.8. The summed E-state index contributed by atoms with van der Waals surface area (Å²) in [5.41, 5.74) is 6.30. The number of hydrogen-bond donors (Lipinski definition) is 20. The largest absolute Gasteiger partial charge is 0.481 e. The number of nitrogen functional groups attached to an aromatic ring is 1. The molecule has 0 bridgehead atoms. The van der Waals surface area contributed by atoms with Crippen LogP contribution >= 0.6 is 0 Å². The van der Waals surface area contributed by atoms with E-state index in [1.807, 2.05) is 36.4 Å². The second kappa shape index (κ2) is 36.5. The van der Waals surface area contributed by atoms with Crippen LogP contribution in [0.5, 0.6) is 0 Å². The molecule has 9 atom stereocenters. The summed E-state index contributed by atoms with van der Waals surface area (Å²) in [6.07, 6.45) is -10.6. The van der Waals surface area contributed by atoms with Crippen molar-refractivity contribution < 1.29 is 127 Å². The van der Waals surface area contributed by atoms with E-state index in [4.69, 9.17) is 10.8 Å². The van der Waals surface area contributed by atoms with Gasteiger partial charge in [-0.15, -0.1) is 0 Å². The lowest BCUT2D eigenvalue weighted by Gasteiger charge is -2.31. The number of amides is 8. The van der Waals surface area contributed by atoms with E-state index < -0.39 is 258 Å². The van der Waals surface area contributed by atoms with Crippen LogP contribution in [0.25, 0.3) is 0 Å². The maximum absolute atomic E-state index is 13.1. The van der Waals surface area contributed by atoms with Gasteiger partial charge < -0.3 is 109 Å². The molecule has 2 aliphatic heterocycles. The van der Waals surface area contributed by atoms with Gasteiger partial charge >= 0.3 is 53.7 Å². The number of anilines is 4. The third-order valence-electron chi connectivity index (χ3n) is 14.7. The van der Waals surface area contributed by atoms with E-state index in [0.29, 0.717) is 37.0 Å². The van der Waals surface area contributed by atoms with Crippen LogP contribution in [-0.4, -0.2) is 231 Å². The number of carbonyl (C=O) groups excluding carboxylic acids is 8. The monoisotopic (exact) mass is 1360 g/mol. The number of hydrogen-bond acceptors (Lipinski definition) is 23. The van der Waals surface area contributed by atoms with Crippen molar-refractivity contribution in [1.29, 1.82) is 0 Å². The molecule has 0 spiro atoms. The van der Waals surface area contributed by atoms with E-state index in [2.05, 4.69) is 31.2 Å². The molecule has 0 aliphatic carbocycles. The summed E-state index contributed by atoms with van der Waals surface area (Å²) < 4.78 is 0. The van der Waals surface area contributed by atoms with Crippen molar-refractivity contribution in [3.8, 4) is 0 Å². The maximum Gasteiger partial charge on any atom is 0.326 e. The fourth-order valence-electron chi connectivity index (χ4n) is 9.60. The van der Waals surface area contributed by atoms with Gasteiger partial charge in [0.2, 0.25) is 47.3 Å². The molecule has 41 nitrogen and oxygen atoms in total. The highest BCUT2D eigenvalue weighted by atomic mass is 16.4. The van der Waals surface area contributed by atoms with Crippen LogP contribution in [0.15, 0.2) is 29.1 Å². The molecular formula is C55H72N14O27. The van der Waals surface area contributed by atoms with Crippen molar-refractivity contribution >= 4 is 124 Å². The van der Waals surface area contributed by atoms with E-state index in [0.717, 1.165) is 0 Å². The van der Waals surface area contributed by atoms with Crippen LogP contribution in [0.4, 0.5) is 23.1 Å². The third kappa shape index (κ3) is 25.1. The normalized spacial score (nSPS) is 15.4. The van der Waals surface area contributed by atoms with Crippen LogP contribution < -0.4 is 68.9 Å². The molecule has 1 aromatic carbocycles. The number of carboxylic acids is 9. The summed E-state index contributed by atoms with van der Waals surface area (Å²) in [5.74, 6) is -22.5. The van der Waals surface area contributed by atoms with Crippen molar-refractivity contribution in [3.05, 3.63) is 40.2 Å². The maximum atomic E-state index is 13.1. The number of nitrogens with zero attached hydrogens (tertiary/aromatic N) is 3. The average molecular weight is 1360 g/mol. The molecule has 21 N–H and O–H groups in total. The topological polar surface area (TPSA) is 659 Å². The number of fused-ring (bicyclic) bond motifs is 3. The standard InChI is InChI=1S/C55H72N14O27/c56-55-66-44-43(46(80)67-55)69-23-68(22-26(69)21-57-44)25-3-1-24(2-4-25)45(79)65-34(54(95)96)11-19-41(76)63-32(52(91)92)9-17-39(74)61-30(50(87)88)7-15-37(72)59-28(48(83)84)5-13-35(70)58-27(47(81)82)6-14-36(71)60-29(49(85)86)8-16-38(73)62-31(51(89)90)10-18-40(75)64-33(53(93)94)12-20-42(77)78/h1-4,26-34H,5-23H2,(H,58,70)(H,59,72)(H,60,71)(H,61,74)(H,62,73)(H,63,76)(H,64,75)(H,65,79)(H,77,78)(H,81,82)(H,83,84)(H,85,86)(H,87,88)(H,89,90)(H,91,92)(H,93,94)(H,95,96)(H4,56,57,66,67,80)/t26-,27+,28+,29+,30+,31+,32+,33+,34+/m1/s1. The molecule has 1 aromatic heterocycles. The number of H-pyrrole nitrogens is 1. The van der Waals surface area contributed by atoms with E-state index in [-0.39, 0.29) is 17.6 Å². The predicted octanol–water partition coefficient (Wildman–Crippen LogP) is -5.07. The number of benzene rings is 1. The van der Waals surface area contributed by atoms with Gasteiger partial charge in [-0.3, -0.25) is 52.9 Å². The first kappa shape index (κ1) is 76.7. The molecule has 0 unspecified atom stereocenters. The highest BCUT2D eigenvalue weighted by molar-refractivity contribution is 5.97. The number of nitrogens with two attached hydrogens (primary N) is 1. The fraction of sp³-hybridized carbons (Fsp3) is 0.509. The third-order valence-corrected chi connectivity index (χ3v) is 14.7. The minimum absolute atomic E-state index is 0.0466. The molecule has 0 saturated carbocycles. The summed E-state index contributed by atoms with van der Waals surface area (Å²) in [4.78, 5) is 231. The van der Waals surface area contributed by atoms with Gasteiger partial charge in [0.05, 0.1) is 12.7 Å². The minimum Gasteiger partial charge on any atom is -0.481 e. The Labute approximate surface area is 540 Å². The zero-order valence-corrected chi connectivity index (χ0v) is 50.7. The Morgan fingerprint density at radius 3 is 1.00 bits per heavy atom. The SMILES string of the molecule is Nc1nc2c(c(=O)[nH]1)N1CN(c3ccc(C(=O)N[C@@H](CCC(=O)N[C@@H](CCC(=O)N[C@@H](CCC(=O)N[C@@H](CCC(=O)N[C@@H](CCC(=O)N[C@@H](CCC(=O)N[C@@H](CCC(=O)N[C@@H](CCC(=O)O)C(=O)O)C(=O)O)C(=O)O)C(=O)O)C(=O)O)C(=O)O)C(=O)O)C(=O)O)cc3)C[C@H]1CN2. The Bertz CT molecular complexity index is 3360. The van der Waals surface area contributed by atoms with Crippen LogP contribution in [0.3, 0.4) is 0 Å². The van der Waals surface area contributed by atoms with Crippen molar-refractivity contribution in [2.24, 2.45) is 0 Å². The van der Waals surface area contributed by atoms with E-state index >= 15 is 0 Å². The van der Waals surface area contributed by atoms with Gasteiger partial charge in [-0.2, -0.15) is 4.98 Å². The summed E-state index contributed by atoms with van der Waals surface area (Å²) in [7, 11) is 0. The van der Waals surface area contributed by atoms with E-state index in [1.54, 1.807) is 12.1 Å². The molecule has 2 aromatic rings. The first-order chi connectivity index (χ1) is 45.1. The van der Waals surface area contributed by atoms with Crippen molar-refractivity contribution in [1.82, 2.24) is 52.5 Å². The molecule has 4 rings (SSSR count). The number of aliphatic carboxylic acids is 9. The Morgan fingerprint density at radius 2 is 0.719 bits per heavy atom. The summed E-state index contributed by atoms with van der Waals surface area (Å²) in [6.45, 7) is 1.25. The van der Waals surface area contributed by atoms with Crippen LogP contribution in [0.2, 0.25) is 0 Å². The van der Waals surface area contributed by atoms with Crippen molar-refractivity contribution in [2.45, 2.75) is 157 Å². The summed E-state index contributed by atoms with van der Waals surface area (Å²) in [6, 6.07) is -8.10. The van der Waals surface area contributed by atoms with Crippen LogP contribution in [0.1, 0.15) is 113 Å². The van der Waals surface area contributed by atoms with Crippen LogP contribution in [-0.2, 0) is 76.7 Å². The fourth-order valence-corrected chi connectivity index (χ4v) is 9.60. The van der Waals surface area contributed by atoms with E-state index in [1.165, 1.54) is 12.1 Å². The highest BCUT2D eigenvalue weighted by Crippen LogP contribution is 2.32. The zero-order chi connectivity index (χ0) is 71.7. The number of carbonyl (C=O) groups is 17. The molecule has 96 heavy (non-hydrogen) atoms. The lowest BCUT2D eigenvalue weighted by Crippen LogP contribution is -2.46. The molecule has 0 radical (unpaired) electrons. The molecule has 41 heteroatoms. The number of aromatic nitrogens is 2. The molecule has 1 saturated heterocycles. The quantitative estimate of drug-likeness (QED) is 0.0296. The Morgan fingerprint density at radius 1 is 0.438 bits per heavy atom. The molecule has 8 amide bonds. The average Bonchev–Trinajstić information content (AvgIpc) is 1.61. The second-order valence-electron chi connectivity index (χ2n) is 21.8. The Hall–Kier alpha value is -11.7. The molecule has 524 valence electrons. The van der Waals surface area contributed by atoms with Gasteiger partial charge in [-0.05, 0) is 75.6 Å². The van der Waals surface area contributed by atoms with Gasteiger partial charge in [0.25, 0.3) is 11.5 Å². The smallest absolute Gasteiger partial charge is 0.326 e. The summed E-state index contributed by atoms with van der Waals surface area (Å²) in [5, 5.41) is 106. The number of carboxylic acid groups (broad SMARTS) is 9. The Kier molecular flexibility index (Phi) is 29.2. The molecule has 3 heterocycles. The zero-order valence-electron chi connectivity index (χ0n) is 50.7. The van der Waals surface area contributed by atoms with Gasteiger partial charge in [-0.25, -0.2) is 38.4 Å². The van der Waals surface area contributed by atoms with Gasteiger partial charge in [0.1, 0.15) is 54.0 Å². The lowest BCUT2D eigenvalue weighted by molar-refractivity contribution is -0.144. The number of nitrogens with one attached hydrogen (secondary N) is 10. The van der Waals surface area contributed by atoms with Crippen LogP contribution in [0, 0.1) is 0 Å². The summed E-state index contributed by atoms with van der Waals surface area (Å²) >= 11 is 0. The minimum atomic E-state index is -1.84. The molecular weight excluding hydrogens is 1290 g/mol. The predicted molar refractivity (Wildman–Crippen MR) is 320 cm³/mol. The first-order valence-corrected chi connectivity index (χ1v) is 29.3. The van der Waals surface area contributed by atoms with E-state index in [9.17, 15) is 127 Å². The molecule has 2 aliphatic rings. The highest BCUT2D eigenvalue weighted by Gasteiger charge is 2.38. The first-order valence-electron chi connectivity index (χ1n) is 29.3. The van der Waals surface area contributed by atoms with Gasteiger partial charge in [0, 0.05) is 75.7 Å².